The molecule has 33 heavy (non-hydrogen) atoms. The highest BCUT2D eigenvalue weighted by Gasteiger charge is 2.25. The number of hydrogen-bond donors (Lipinski definition) is 2. The van der Waals surface area contributed by atoms with Crippen LogP contribution < -0.4 is 4.74 Å². The van der Waals surface area contributed by atoms with Crippen molar-refractivity contribution < 1.29 is 19.1 Å². The average Bonchev–Trinajstić information content (AvgIpc) is 3.50. The summed E-state index contributed by atoms with van der Waals surface area (Å²) in [7, 11) is 1.49. The molecule has 4 heterocycles. The maximum absolute atomic E-state index is 11.5. The van der Waals surface area contributed by atoms with Crippen molar-refractivity contribution in [1.29, 1.82) is 0 Å². The molecule has 7 heteroatoms. The predicted molar refractivity (Wildman–Crippen MR) is 125 cm³/mol. The number of nitrogens with one attached hydrogen (secondary N) is 1. The van der Waals surface area contributed by atoms with Crippen molar-refractivity contribution in [2.24, 2.45) is 0 Å². The number of carboxylic acids is 1. The van der Waals surface area contributed by atoms with Gasteiger partial charge in [0.2, 0.25) is 0 Å². The van der Waals surface area contributed by atoms with Crippen LogP contribution in [0.3, 0.4) is 0 Å². The fourth-order valence-electron chi connectivity index (χ4n) is 4.90. The quantitative estimate of drug-likeness (QED) is 0.423. The normalized spacial score (nSPS) is 15.2. The van der Waals surface area contributed by atoms with Crippen molar-refractivity contribution in [3.8, 4) is 5.75 Å². The molecule has 0 atom stereocenters. The van der Waals surface area contributed by atoms with Gasteiger partial charge < -0.3 is 19.2 Å². The Kier molecular flexibility index (Phi) is 5.88. The fraction of sp³-hybridized carbons (Fsp3) is 0.308. The summed E-state index contributed by atoms with van der Waals surface area (Å²) in [6, 6.07) is 11.4. The topological polar surface area (TPSA) is 91.6 Å². The van der Waals surface area contributed by atoms with Gasteiger partial charge in [-0.2, -0.15) is 0 Å². The fourth-order valence-corrected chi connectivity index (χ4v) is 4.90. The van der Waals surface area contributed by atoms with Gasteiger partial charge in [0, 0.05) is 30.7 Å². The van der Waals surface area contributed by atoms with E-state index >= 15 is 0 Å². The van der Waals surface area contributed by atoms with Crippen molar-refractivity contribution in [3.05, 3.63) is 83.1 Å². The number of likely N-dealkylation sites (tertiary alicyclic amines) is 1. The number of nitrogens with zero attached hydrogens (tertiary/aromatic N) is 2. The molecule has 1 aliphatic rings. The summed E-state index contributed by atoms with van der Waals surface area (Å²) in [5, 5.41) is 10.7. The predicted octanol–water partition coefficient (Wildman–Crippen LogP) is 4.83. The first-order chi connectivity index (χ1) is 16.1. The van der Waals surface area contributed by atoms with Crippen LogP contribution in [0.15, 0.2) is 59.5 Å². The van der Waals surface area contributed by atoms with Gasteiger partial charge in [-0.1, -0.05) is 6.07 Å². The summed E-state index contributed by atoms with van der Waals surface area (Å²) >= 11 is 0. The van der Waals surface area contributed by atoms with Gasteiger partial charge in [0.25, 0.3) is 0 Å². The number of H-pyrrole nitrogens is 1. The Balaban J connectivity index is 1.30. The Bertz CT molecular complexity index is 1250. The van der Waals surface area contributed by atoms with Crippen LogP contribution in [0, 0.1) is 0 Å². The van der Waals surface area contributed by atoms with Crippen LogP contribution in [-0.4, -0.2) is 46.1 Å². The molecule has 0 saturated carbocycles. The second kappa shape index (κ2) is 9.11. The van der Waals surface area contributed by atoms with Crippen LogP contribution in [0.4, 0.5) is 0 Å². The van der Waals surface area contributed by atoms with Gasteiger partial charge >= 0.3 is 5.97 Å². The molecule has 0 radical (unpaired) electrons. The number of ether oxygens (including phenoxy) is 1. The van der Waals surface area contributed by atoms with Crippen LogP contribution in [0.2, 0.25) is 0 Å². The van der Waals surface area contributed by atoms with Crippen molar-refractivity contribution >= 4 is 17.0 Å². The summed E-state index contributed by atoms with van der Waals surface area (Å²) < 4.78 is 10.8. The van der Waals surface area contributed by atoms with Gasteiger partial charge in [0.15, 0.2) is 0 Å². The van der Waals surface area contributed by atoms with E-state index < -0.39 is 5.97 Å². The van der Waals surface area contributed by atoms with E-state index in [9.17, 15) is 9.90 Å². The maximum atomic E-state index is 11.5. The lowest BCUT2D eigenvalue weighted by molar-refractivity contribution is 0.0693. The lowest BCUT2D eigenvalue weighted by Crippen LogP contribution is -2.32. The monoisotopic (exact) mass is 445 g/mol. The van der Waals surface area contributed by atoms with Gasteiger partial charge in [0.05, 0.1) is 13.4 Å². The number of aromatic carboxylic acids is 1. The molecule has 4 aromatic rings. The molecule has 2 N–H and O–H groups in total. The van der Waals surface area contributed by atoms with E-state index in [4.69, 9.17) is 9.15 Å². The summed E-state index contributed by atoms with van der Waals surface area (Å²) in [5.74, 6) is 0.832. The Labute approximate surface area is 192 Å². The van der Waals surface area contributed by atoms with E-state index in [0.717, 1.165) is 55.9 Å². The van der Waals surface area contributed by atoms with Crippen molar-refractivity contribution in [2.45, 2.75) is 31.7 Å². The highest BCUT2D eigenvalue weighted by Crippen LogP contribution is 2.35. The van der Waals surface area contributed by atoms with E-state index in [1.165, 1.54) is 23.6 Å². The molecule has 1 fully saturated rings. The molecule has 1 aliphatic heterocycles. The molecule has 0 spiro atoms. The number of aromatic amines is 1. The van der Waals surface area contributed by atoms with Crippen molar-refractivity contribution in [1.82, 2.24) is 14.9 Å². The highest BCUT2D eigenvalue weighted by atomic mass is 16.5. The molecule has 0 bridgehead atoms. The SMILES string of the molecule is COc1ccc(CN2CCC(c3c[nH]c4nccc(Cc5ccco5)c34)CC2)cc1C(=O)O. The zero-order chi connectivity index (χ0) is 22.8. The average molecular weight is 446 g/mol. The van der Waals surface area contributed by atoms with Crippen LogP contribution in [0.5, 0.6) is 5.75 Å². The van der Waals surface area contributed by atoms with E-state index in [1.54, 1.807) is 18.4 Å². The third-order valence-electron chi connectivity index (χ3n) is 6.56. The van der Waals surface area contributed by atoms with Gasteiger partial charge in [-0.25, -0.2) is 9.78 Å². The Morgan fingerprint density at radius 1 is 1.27 bits per heavy atom. The van der Waals surface area contributed by atoms with Crippen molar-refractivity contribution in [2.75, 3.05) is 20.2 Å². The highest BCUT2D eigenvalue weighted by molar-refractivity contribution is 5.91. The van der Waals surface area contributed by atoms with Gasteiger partial charge in [0.1, 0.15) is 22.7 Å². The smallest absolute Gasteiger partial charge is 0.339 e. The molecule has 0 aliphatic carbocycles. The minimum atomic E-state index is -0.967. The van der Waals surface area contributed by atoms with Crippen molar-refractivity contribution in [3.63, 3.8) is 0 Å². The first-order valence-electron chi connectivity index (χ1n) is 11.2. The van der Waals surface area contributed by atoms with Crippen LogP contribution in [0.1, 0.15) is 51.6 Å². The maximum Gasteiger partial charge on any atom is 0.339 e. The number of benzene rings is 1. The molecule has 0 amide bonds. The zero-order valence-electron chi connectivity index (χ0n) is 18.6. The molecular weight excluding hydrogens is 418 g/mol. The number of carbonyl (C=O) groups is 1. The standard InChI is InChI=1S/C26H27N3O4/c1-32-23-5-4-17(13-21(23)26(30)31)16-29-10-7-18(8-11-29)22-15-28-25-24(22)19(6-9-27-25)14-20-3-2-12-33-20/h2-6,9,12-13,15,18H,7-8,10-11,14,16H2,1H3,(H,27,28)(H,30,31). The number of rotatable bonds is 7. The Morgan fingerprint density at radius 2 is 2.12 bits per heavy atom. The molecule has 1 saturated heterocycles. The molecular formula is C26H27N3O4. The second-order valence-corrected chi connectivity index (χ2v) is 8.58. The van der Waals surface area contributed by atoms with E-state index in [1.807, 2.05) is 24.4 Å². The minimum absolute atomic E-state index is 0.209. The lowest BCUT2D eigenvalue weighted by atomic mass is 9.88. The third-order valence-corrected chi connectivity index (χ3v) is 6.56. The number of methoxy groups -OCH3 is 1. The number of fused-ring (bicyclic) bond motifs is 1. The number of pyridine rings is 1. The third kappa shape index (κ3) is 4.36. The minimum Gasteiger partial charge on any atom is -0.496 e. The Hall–Kier alpha value is -3.58. The van der Waals surface area contributed by atoms with Gasteiger partial charge in [-0.3, -0.25) is 4.90 Å². The van der Waals surface area contributed by atoms with E-state index in [-0.39, 0.29) is 5.56 Å². The molecule has 5 rings (SSSR count). The number of aromatic nitrogens is 2. The molecule has 3 aromatic heterocycles. The van der Waals surface area contributed by atoms with Crippen LogP contribution in [0.25, 0.3) is 11.0 Å². The number of piperidine rings is 1. The molecule has 1 aromatic carbocycles. The number of hydrogen-bond acceptors (Lipinski definition) is 5. The molecule has 0 unspecified atom stereocenters. The lowest BCUT2D eigenvalue weighted by Gasteiger charge is -2.32. The van der Waals surface area contributed by atoms with E-state index in [2.05, 4.69) is 27.1 Å². The van der Waals surface area contributed by atoms with Gasteiger partial charge in [-0.05, 0) is 78.9 Å². The summed E-state index contributed by atoms with van der Waals surface area (Å²) in [4.78, 5) is 21.8. The summed E-state index contributed by atoms with van der Waals surface area (Å²) in [6.45, 7) is 2.65. The number of furan rings is 1. The first-order valence-corrected chi connectivity index (χ1v) is 11.2. The van der Waals surface area contributed by atoms with Gasteiger partial charge in [-0.15, -0.1) is 0 Å². The summed E-state index contributed by atoms with van der Waals surface area (Å²) in [5.41, 5.74) is 4.69. The largest absolute Gasteiger partial charge is 0.496 e. The zero-order valence-corrected chi connectivity index (χ0v) is 18.6. The van der Waals surface area contributed by atoms with E-state index in [0.29, 0.717) is 11.7 Å². The number of carboxylic acid groups (broad SMARTS) is 1. The first kappa shape index (κ1) is 21.3. The second-order valence-electron chi connectivity index (χ2n) is 8.58. The Morgan fingerprint density at radius 3 is 2.85 bits per heavy atom. The molecule has 7 nitrogen and oxygen atoms in total. The van der Waals surface area contributed by atoms with Crippen LogP contribution >= 0.6 is 0 Å². The summed E-state index contributed by atoms with van der Waals surface area (Å²) in [6.07, 6.45) is 8.52. The molecule has 170 valence electrons. The van der Waals surface area contributed by atoms with Crippen LogP contribution in [-0.2, 0) is 13.0 Å².